The average Bonchev–Trinajstić information content (AvgIpc) is 3.55. The van der Waals surface area contributed by atoms with Crippen LogP contribution in [0.15, 0.2) is 34.4 Å². The van der Waals surface area contributed by atoms with E-state index in [4.69, 9.17) is 4.74 Å². The number of hydrogen-bond acceptors (Lipinski definition) is 8. The van der Waals surface area contributed by atoms with Crippen LogP contribution in [0.3, 0.4) is 0 Å². The molecule has 0 aromatic heterocycles. The highest BCUT2D eigenvalue weighted by Crippen LogP contribution is 2.64. The summed E-state index contributed by atoms with van der Waals surface area (Å²) in [6.45, 7) is 31.8. The van der Waals surface area contributed by atoms with Crippen molar-refractivity contribution in [2.24, 2.45) is 50.7 Å². The molecule has 0 amide bonds. The summed E-state index contributed by atoms with van der Waals surface area (Å²) in [7, 11) is 0. The van der Waals surface area contributed by atoms with Crippen LogP contribution in [0.25, 0.3) is 0 Å². The molecule has 3 N–H and O–H groups in total. The van der Waals surface area contributed by atoms with Crippen molar-refractivity contribution in [1.82, 2.24) is 0 Å². The lowest BCUT2D eigenvalue weighted by Crippen LogP contribution is -2.52. The number of carbonyl (C=O) groups is 4. The van der Waals surface area contributed by atoms with Crippen molar-refractivity contribution < 1.29 is 39.2 Å². The number of aliphatic hydroxyl groups is 3. The van der Waals surface area contributed by atoms with E-state index in [1.165, 1.54) is 29.6 Å². The normalized spacial score (nSPS) is 35.8. The molecule has 432 valence electrons. The highest BCUT2D eigenvalue weighted by atomic mass is 16.5. The second-order valence-electron chi connectivity index (χ2n) is 30.0. The van der Waals surface area contributed by atoms with Crippen LogP contribution in [0.5, 0.6) is 0 Å². The summed E-state index contributed by atoms with van der Waals surface area (Å²) in [4.78, 5) is 48.8. The molecule has 0 radical (unpaired) electrons. The second kappa shape index (κ2) is 23.7. The molecule has 8 heteroatoms. The second-order valence-corrected chi connectivity index (χ2v) is 30.0. The van der Waals surface area contributed by atoms with Gasteiger partial charge in [0.15, 0.2) is 11.6 Å². The molecule has 76 heavy (non-hydrogen) atoms. The van der Waals surface area contributed by atoms with E-state index in [1.807, 2.05) is 47.6 Å². The van der Waals surface area contributed by atoms with Gasteiger partial charge in [-0.2, -0.15) is 0 Å². The molecule has 5 saturated carbocycles. The van der Waals surface area contributed by atoms with Crippen LogP contribution >= 0.6 is 0 Å². The third-order valence-corrected chi connectivity index (χ3v) is 22.6. The third-order valence-electron chi connectivity index (χ3n) is 22.6. The zero-order chi connectivity index (χ0) is 56.6. The minimum absolute atomic E-state index is 0.0185. The Morgan fingerprint density at radius 3 is 1.76 bits per heavy atom. The lowest BCUT2D eigenvalue weighted by Gasteiger charge is -2.52. The van der Waals surface area contributed by atoms with E-state index < -0.39 is 16.8 Å². The Balaban J connectivity index is 0.000000167. The predicted octanol–water partition coefficient (Wildman–Crippen LogP) is 16.2. The summed E-state index contributed by atoms with van der Waals surface area (Å²) in [5.74, 6) is 2.97. The number of ether oxygens (including phenoxy) is 1. The molecule has 1 heterocycles. The van der Waals surface area contributed by atoms with E-state index in [-0.39, 0.29) is 50.0 Å². The fourth-order valence-electron chi connectivity index (χ4n) is 16.4. The molecular formula is C68H112O8. The van der Waals surface area contributed by atoms with Gasteiger partial charge in [-0.25, -0.2) is 0 Å². The first kappa shape index (κ1) is 62.9. The first-order chi connectivity index (χ1) is 35.2. The largest absolute Gasteiger partial charge is 0.390 e. The first-order valence-corrected chi connectivity index (χ1v) is 31.3. The van der Waals surface area contributed by atoms with Crippen LogP contribution in [0.1, 0.15) is 290 Å². The molecule has 8 aliphatic carbocycles. The Kier molecular flexibility index (Phi) is 19.6. The molecule has 9 aliphatic rings. The standard InChI is InChI=1S/C22H38O2.C18H30O2.2C14H22O2/c1-6-8-12-22(13-9-7-2)18-16-17(20(3,4)24)10-14-21(18,5)15-11-19(22)23;1-5-6-7-14-15-12-13(17(2,3)20)8-10-18(15,4)11-9-16(14)19;1-12(2)10-4-6-13(3)7-5-11(15)9-14(13,8-10)16-12;1-13(2,16)10-4-6-14(3)7-5-12(15)9-11(14)8-10/h16-17,24H,6-15H2,1-5H3;13,20H,5-12H2,1-4H3;10H,4-9H2,1-3H3;9-10,16H,4-8H2,1-3H3/t17-,21-;13-,18-;10-,13-,14+;10-,14-/m1111/s1. The van der Waals surface area contributed by atoms with Gasteiger partial charge < -0.3 is 20.1 Å². The van der Waals surface area contributed by atoms with Gasteiger partial charge in [0.05, 0.1) is 33.4 Å². The van der Waals surface area contributed by atoms with Crippen molar-refractivity contribution in [3.05, 3.63) is 34.4 Å². The molecule has 1 aliphatic heterocycles. The molecule has 6 fully saturated rings. The van der Waals surface area contributed by atoms with E-state index in [9.17, 15) is 34.5 Å². The molecular weight excluding hydrogens is 945 g/mol. The van der Waals surface area contributed by atoms with Crippen molar-refractivity contribution >= 4 is 23.1 Å². The van der Waals surface area contributed by atoms with Gasteiger partial charge in [0.1, 0.15) is 11.6 Å². The van der Waals surface area contributed by atoms with Gasteiger partial charge in [0, 0.05) is 38.0 Å². The van der Waals surface area contributed by atoms with Gasteiger partial charge in [-0.15, -0.1) is 0 Å². The topological polar surface area (TPSA) is 138 Å². The Hall–Kier alpha value is -2.26. The number of ketones is 4. The maximum absolute atomic E-state index is 13.2. The molecule has 9 rings (SSSR count). The van der Waals surface area contributed by atoms with Crippen molar-refractivity contribution in [2.45, 2.75) is 318 Å². The number of Topliss-reactive ketones (excluding diaryl/α,β-unsaturated/α-hetero) is 3. The summed E-state index contributed by atoms with van der Waals surface area (Å²) < 4.78 is 6.42. The van der Waals surface area contributed by atoms with Gasteiger partial charge in [-0.1, -0.05) is 103 Å². The number of allylic oxidation sites excluding steroid dienone is 5. The first-order valence-electron chi connectivity index (χ1n) is 31.3. The summed E-state index contributed by atoms with van der Waals surface area (Å²) >= 11 is 0. The number of rotatable bonds is 12. The molecule has 0 aromatic rings. The maximum atomic E-state index is 13.2. The molecule has 1 spiro atoms. The van der Waals surface area contributed by atoms with Crippen LogP contribution in [-0.4, -0.2) is 66.5 Å². The fraction of sp³-hybridized carbons (Fsp3) is 0.853. The van der Waals surface area contributed by atoms with Gasteiger partial charge in [0.25, 0.3) is 0 Å². The Morgan fingerprint density at radius 2 is 1.17 bits per heavy atom. The fourth-order valence-corrected chi connectivity index (χ4v) is 16.4. The molecule has 8 nitrogen and oxygen atoms in total. The van der Waals surface area contributed by atoms with Gasteiger partial charge in [-0.05, 0) is 228 Å². The average molecular weight is 1060 g/mol. The molecule has 0 aromatic carbocycles. The zero-order valence-electron chi connectivity index (χ0n) is 51.4. The van der Waals surface area contributed by atoms with Crippen LogP contribution in [0, 0.1) is 50.7 Å². The quantitative estimate of drug-likeness (QED) is 0.164. The lowest BCUT2D eigenvalue weighted by atomic mass is 9.51. The number of hydrogen-bond donors (Lipinski definition) is 3. The Bertz CT molecular complexity index is 2180. The highest BCUT2D eigenvalue weighted by molar-refractivity contribution is 5.97. The van der Waals surface area contributed by atoms with Gasteiger partial charge in [0.2, 0.25) is 0 Å². The summed E-state index contributed by atoms with van der Waals surface area (Å²) in [5.41, 5.74) is 3.72. The lowest BCUT2D eigenvalue weighted by molar-refractivity contribution is -0.173. The summed E-state index contributed by atoms with van der Waals surface area (Å²) in [6.07, 6.45) is 33.5. The van der Waals surface area contributed by atoms with Crippen molar-refractivity contribution in [3.8, 4) is 0 Å². The smallest absolute Gasteiger partial charge is 0.158 e. The predicted molar refractivity (Wildman–Crippen MR) is 310 cm³/mol. The van der Waals surface area contributed by atoms with Crippen LogP contribution in [0.4, 0.5) is 0 Å². The Morgan fingerprint density at radius 1 is 0.605 bits per heavy atom. The number of carbonyl (C=O) groups excluding carboxylic acids is 4. The summed E-state index contributed by atoms with van der Waals surface area (Å²) in [5, 5.41) is 31.0. The maximum Gasteiger partial charge on any atom is 0.158 e. The van der Waals surface area contributed by atoms with Crippen LogP contribution in [-0.2, 0) is 23.9 Å². The van der Waals surface area contributed by atoms with Crippen LogP contribution < -0.4 is 0 Å². The van der Waals surface area contributed by atoms with E-state index in [0.29, 0.717) is 47.9 Å². The molecule has 0 unspecified atom stereocenters. The van der Waals surface area contributed by atoms with E-state index in [0.717, 1.165) is 166 Å². The van der Waals surface area contributed by atoms with Crippen molar-refractivity contribution in [3.63, 3.8) is 0 Å². The minimum atomic E-state index is -0.698. The SMILES string of the molecule is CC(C)(O)[C@@H]1CC[C@]2(C)CCC(=O)C=C2C1.CC1(C)O[C@@]23CC(=O)CC[C@@]2(C)CC[C@@H]1C3.CCCCC1(CCCC)C(=O)CC[C@@]2(C)CC[C@@H](C(C)(C)O)C=C12.CCCCC1=C2C[C@H](C(C)(C)O)CC[C@]2(C)CCC1=O. The third kappa shape index (κ3) is 13.6. The number of unbranched alkanes of at least 4 members (excludes halogenated alkanes) is 3. The number of fused-ring (bicyclic) bond motifs is 4. The van der Waals surface area contributed by atoms with Crippen molar-refractivity contribution in [2.75, 3.05) is 0 Å². The van der Waals surface area contributed by atoms with Crippen LogP contribution in [0.2, 0.25) is 0 Å². The zero-order valence-corrected chi connectivity index (χ0v) is 51.4. The van der Waals surface area contributed by atoms with E-state index in [1.54, 1.807) is 0 Å². The molecule has 1 saturated heterocycles. The molecule has 2 bridgehead atoms. The monoisotopic (exact) mass is 1060 g/mol. The van der Waals surface area contributed by atoms with E-state index in [2.05, 4.69) is 68.4 Å². The van der Waals surface area contributed by atoms with E-state index >= 15 is 0 Å². The van der Waals surface area contributed by atoms with Crippen molar-refractivity contribution in [1.29, 1.82) is 0 Å². The minimum Gasteiger partial charge on any atom is -0.390 e. The van der Waals surface area contributed by atoms with Gasteiger partial charge in [-0.3, -0.25) is 19.2 Å². The summed E-state index contributed by atoms with van der Waals surface area (Å²) in [6, 6.07) is 0. The Labute approximate surface area is 463 Å². The van der Waals surface area contributed by atoms with Gasteiger partial charge >= 0.3 is 0 Å². The highest BCUT2D eigenvalue weighted by Gasteiger charge is 2.64. The molecule has 9 atom stereocenters.